The Morgan fingerprint density at radius 3 is 2.83 bits per heavy atom. The average Bonchev–Trinajstić information content (AvgIpc) is 2.97. The van der Waals surface area contributed by atoms with Crippen molar-refractivity contribution in [2.75, 3.05) is 30.5 Å². The minimum atomic E-state index is -3.11. The summed E-state index contributed by atoms with van der Waals surface area (Å²) in [4.78, 5) is 12.5. The number of amides is 1. The zero-order chi connectivity index (χ0) is 17.7. The smallest absolute Gasteiger partial charge is 0.227 e. The lowest BCUT2D eigenvalue weighted by molar-refractivity contribution is -0.120. The zero-order valence-electron chi connectivity index (χ0n) is 13.6. The molecule has 1 aromatic carbocycles. The largest absolute Gasteiger partial charge is 0.490 e. The third kappa shape index (κ3) is 5.36. The number of carbonyl (C=O) groups excluding carboxylic acids is 1. The first-order chi connectivity index (χ1) is 11.3. The zero-order valence-corrected chi connectivity index (χ0v) is 15.2. The fourth-order valence-electron chi connectivity index (χ4n) is 2.92. The van der Waals surface area contributed by atoms with Crippen LogP contribution in [0.5, 0.6) is 5.75 Å². The summed E-state index contributed by atoms with van der Waals surface area (Å²) < 4.78 is 27.9. The molecule has 1 aromatic rings. The van der Waals surface area contributed by atoms with Crippen molar-refractivity contribution >= 4 is 33.0 Å². The van der Waals surface area contributed by atoms with Crippen molar-refractivity contribution in [3.05, 3.63) is 23.2 Å². The lowest BCUT2D eigenvalue weighted by atomic mass is 9.95. The molecule has 0 heterocycles. The van der Waals surface area contributed by atoms with Crippen LogP contribution in [0.2, 0.25) is 5.02 Å². The summed E-state index contributed by atoms with van der Waals surface area (Å²) >= 11 is 6.00. The molecule has 0 aliphatic heterocycles. The summed E-state index contributed by atoms with van der Waals surface area (Å²) in [5.41, 5.74) is 6.18. The first-order valence-corrected chi connectivity index (χ1v) is 10.3. The number of nitrogens with one attached hydrogen (secondary N) is 1. The normalized spacial score (nSPS) is 20.8. The molecule has 0 aromatic heterocycles. The number of rotatable bonds is 7. The number of halogens is 1. The molecule has 1 fully saturated rings. The number of nitrogens with two attached hydrogens (primary N) is 1. The van der Waals surface area contributed by atoms with E-state index in [1.54, 1.807) is 18.2 Å². The Labute approximate surface area is 147 Å². The highest BCUT2D eigenvalue weighted by atomic mass is 35.5. The summed E-state index contributed by atoms with van der Waals surface area (Å²) in [6.45, 7) is 0.504. The first-order valence-electron chi connectivity index (χ1n) is 7.91. The number of sulfone groups is 1. The Morgan fingerprint density at radius 1 is 1.42 bits per heavy atom. The van der Waals surface area contributed by atoms with Gasteiger partial charge in [-0.05, 0) is 43.5 Å². The van der Waals surface area contributed by atoms with E-state index in [1.807, 2.05) is 0 Å². The molecule has 24 heavy (non-hydrogen) atoms. The van der Waals surface area contributed by atoms with E-state index in [0.717, 1.165) is 25.5 Å². The number of ether oxygens (including phenoxy) is 1. The fraction of sp³-hybridized carbons (Fsp3) is 0.562. The van der Waals surface area contributed by atoms with Gasteiger partial charge < -0.3 is 15.8 Å². The van der Waals surface area contributed by atoms with Crippen LogP contribution in [0.1, 0.15) is 19.3 Å². The van der Waals surface area contributed by atoms with Crippen LogP contribution in [0.4, 0.5) is 5.69 Å². The summed E-state index contributed by atoms with van der Waals surface area (Å²) in [6, 6.07) is 4.85. The molecule has 1 amide bonds. The predicted octanol–water partition coefficient (Wildman–Crippen LogP) is 2.08. The number of hydrogen-bond donors (Lipinski definition) is 2. The number of benzene rings is 1. The topological polar surface area (TPSA) is 98.5 Å². The van der Waals surface area contributed by atoms with Gasteiger partial charge in [0.1, 0.15) is 12.4 Å². The molecule has 0 spiro atoms. The van der Waals surface area contributed by atoms with E-state index >= 15 is 0 Å². The van der Waals surface area contributed by atoms with E-state index in [0.29, 0.717) is 23.0 Å². The fourth-order valence-corrected chi connectivity index (χ4v) is 3.48. The van der Waals surface area contributed by atoms with Gasteiger partial charge in [0.2, 0.25) is 5.91 Å². The maximum absolute atomic E-state index is 12.5. The molecule has 134 valence electrons. The van der Waals surface area contributed by atoms with Crippen molar-refractivity contribution in [2.45, 2.75) is 19.3 Å². The second-order valence-corrected chi connectivity index (χ2v) is 8.84. The molecular weight excluding hydrogens is 352 g/mol. The second kappa shape index (κ2) is 8.18. The molecule has 6 nitrogen and oxygen atoms in total. The molecule has 0 radical (unpaired) electrons. The molecule has 1 aliphatic rings. The minimum Gasteiger partial charge on any atom is -0.490 e. The van der Waals surface area contributed by atoms with Crippen LogP contribution in [-0.4, -0.2) is 39.5 Å². The van der Waals surface area contributed by atoms with Crippen molar-refractivity contribution in [1.82, 2.24) is 0 Å². The summed E-state index contributed by atoms with van der Waals surface area (Å²) in [6.07, 6.45) is 3.92. The molecule has 3 N–H and O–H groups in total. The maximum atomic E-state index is 12.5. The molecule has 2 rings (SSSR count). The molecule has 1 aliphatic carbocycles. The van der Waals surface area contributed by atoms with Crippen LogP contribution in [0.15, 0.2) is 18.2 Å². The Bertz CT molecular complexity index is 693. The molecule has 2 atom stereocenters. The van der Waals surface area contributed by atoms with Crippen LogP contribution in [0.3, 0.4) is 0 Å². The maximum Gasteiger partial charge on any atom is 0.227 e. The van der Waals surface area contributed by atoms with Crippen molar-refractivity contribution in [3.8, 4) is 5.75 Å². The van der Waals surface area contributed by atoms with Gasteiger partial charge in [0.05, 0.1) is 11.4 Å². The van der Waals surface area contributed by atoms with E-state index in [9.17, 15) is 13.2 Å². The van der Waals surface area contributed by atoms with Crippen LogP contribution < -0.4 is 15.8 Å². The predicted molar refractivity (Wildman–Crippen MR) is 95.2 cm³/mol. The Hall–Kier alpha value is -1.31. The van der Waals surface area contributed by atoms with Gasteiger partial charge in [-0.2, -0.15) is 0 Å². The van der Waals surface area contributed by atoms with E-state index in [-0.39, 0.29) is 30.1 Å². The highest BCUT2D eigenvalue weighted by Crippen LogP contribution is 2.34. The van der Waals surface area contributed by atoms with Gasteiger partial charge in [0, 0.05) is 17.2 Å². The standard InChI is InChI=1S/C16H23ClN2O4S/c1-24(21,22)8-7-23-15-6-5-12(17)9-14(15)19-16(20)13-4-2-3-11(13)10-18/h5-6,9,11,13H,2-4,7-8,10,18H2,1H3,(H,19,20)/t11-,13-/m1/s1. The molecule has 0 saturated heterocycles. The Kier molecular flexibility index (Phi) is 6.48. The number of carbonyl (C=O) groups is 1. The van der Waals surface area contributed by atoms with Gasteiger partial charge in [0.25, 0.3) is 0 Å². The van der Waals surface area contributed by atoms with E-state index in [1.165, 1.54) is 0 Å². The molecule has 8 heteroatoms. The van der Waals surface area contributed by atoms with Crippen molar-refractivity contribution in [1.29, 1.82) is 0 Å². The van der Waals surface area contributed by atoms with Crippen LogP contribution in [0.25, 0.3) is 0 Å². The quantitative estimate of drug-likeness (QED) is 0.761. The van der Waals surface area contributed by atoms with Crippen LogP contribution >= 0.6 is 11.6 Å². The second-order valence-electron chi connectivity index (χ2n) is 6.14. The third-order valence-corrected chi connectivity index (χ3v) is 5.35. The minimum absolute atomic E-state index is 0.0121. The van der Waals surface area contributed by atoms with Gasteiger partial charge in [-0.15, -0.1) is 0 Å². The molecule has 0 bridgehead atoms. The van der Waals surface area contributed by atoms with Gasteiger partial charge in [0.15, 0.2) is 9.84 Å². The average molecular weight is 375 g/mol. The molecule has 1 saturated carbocycles. The SMILES string of the molecule is CS(=O)(=O)CCOc1ccc(Cl)cc1NC(=O)[C@@H]1CCC[C@@H]1CN. The summed E-state index contributed by atoms with van der Waals surface area (Å²) in [5.74, 6) is 0.287. The highest BCUT2D eigenvalue weighted by Gasteiger charge is 2.32. The number of anilines is 1. The monoisotopic (exact) mass is 374 g/mol. The van der Waals surface area contributed by atoms with Gasteiger partial charge >= 0.3 is 0 Å². The number of hydrogen-bond acceptors (Lipinski definition) is 5. The lowest BCUT2D eigenvalue weighted by Gasteiger charge is -2.19. The highest BCUT2D eigenvalue weighted by molar-refractivity contribution is 7.90. The van der Waals surface area contributed by atoms with Gasteiger partial charge in [-0.3, -0.25) is 4.79 Å². The van der Waals surface area contributed by atoms with Crippen molar-refractivity contribution in [3.63, 3.8) is 0 Å². The van der Waals surface area contributed by atoms with Gasteiger partial charge in [-0.25, -0.2) is 8.42 Å². The Morgan fingerprint density at radius 2 is 2.17 bits per heavy atom. The van der Waals surface area contributed by atoms with E-state index in [4.69, 9.17) is 22.1 Å². The first kappa shape index (κ1) is 19.0. The van der Waals surface area contributed by atoms with E-state index in [2.05, 4.69) is 5.32 Å². The third-order valence-electron chi connectivity index (χ3n) is 4.21. The van der Waals surface area contributed by atoms with Crippen molar-refractivity contribution < 1.29 is 17.9 Å². The van der Waals surface area contributed by atoms with Crippen molar-refractivity contribution in [2.24, 2.45) is 17.6 Å². The summed E-state index contributed by atoms with van der Waals surface area (Å²) in [7, 11) is -3.11. The molecular formula is C16H23ClN2O4S. The summed E-state index contributed by atoms with van der Waals surface area (Å²) in [5, 5.41) is 3.31. The van der Waals surface area contributed by atoms with E-state index < -0.39 is 9.84 Å². The van der Waals surface area contributed by atoms with Crippen LogP contribution in [-0.2, 0) is 14.6 Å². The molecule has 0 unspecified atom stereocenters. The lowest BCUT2D eigenvalue weighted by Crippen LogP contribution is -2.30. The Balaban J connectivity index is 2.08. The van der Waals surface area contributed by atoms with Gasteiger partial charge in [-0.1, -0.05) is 18.0 Å². The van der Waals surface area contributed by atoms with Crippen LogP contribution in [0, 0.1) is 11.8 Å².